The molecule has 2 aromatic heterocycles. The molecule has 0 unspecified atom stereocenters. The molecule has 0 N–H and O–H groups in total. The number of aryl methyl sites for hydroxylation is 1. The molecule has 0 radical (unpaired) electrons. The molecular weight excluding hydrogens is 314 g/mol. The Morgan fingerprint density at radius 2 is 1.75 bits per heavy atom. The monoisotopic (exact) mass is 335 g/mol. The predicted molar refractivity (Wildman–Crippen MR) is 87.5 cm³/mol. The van der Waals surface area contributed by atoms with Crippen LogP contribution >= 0.6 is 0 Å². The highest BCUT2D eigenvalue weighted by Crippen LogP contribution is 2.03. The van der Waals surface area contributed by atoms with Crippen LogP contribution in [0.5, 0.6) is 0 Å². The predicted octanol–water partition coefficient (Wildman–Crippen LogP) is -1.67. The minimum absolute atomic E-state index is 0.0544. The van der Waals surface area contributed by atoms with Gasteiger partial charge in [-0.3, -0.25) is 18.7 Å². The summed E-state index contributed by atoms with van der Waals surface area (Å²) in [6, 6.07) is 0. The molecule has 0 bridgehead atoms. The summed E-state index contributed by atoms with van der Waals surface area (Å²) in [6.07, 6.45) is 0.376. The zero-order valence-electron chi connectivity index (χ0n) is 14.5. The molecule has 0 aliphatic heterocycles. The molecule has 0 saturated heterocycles. The molecule has 0 spiro atoms. The largest absolute Gasteiger partial charge is 0.338 e. The number of hydrogen-bond acceptors (Lipinski definition) is 7. The fourth-order valence-corrected chi connectivity index (χ4v) is 2.16. The first-order valence-corrected chi connectivity index (χ1v) is 7.40. The van der Waals surface area contributed by atoms with E-state index >= 15 is 0 Å². The molecule has 10 nitrogen and oxygen atoms in total. The van der Waals surface area contributed by atoms with Gasteiger partial charge in [-0.05, 0) is 14.1 Å². The first kappa shape index (κ1) is 17.7. The molecule has 2 rings (SSSR count). The average molecular weight is 335 g/mol. The van der Waals surface area contributed by atoms with Crippen molar-refractivity contribution in [3.63, 3.8) is 0 Å². The van der Waals surface area contributed by atoms with Gasteiger partial charge in [-0.2, -0.15) is 0 Å². The fraction of sp³-hybridized carbons (Fsp3) is 0.571. The topological polar surface area (TPSA) is 106 Å². The van der Waals surface area contributed by atoms with Crippen molar-refractivity contribution in [1.82, 2.24) is 34.1 Å². The van der Waals surface area contributed by atoms with Crippen LogP contribution in [0.4, 0.5) is 0 Å². The Kier molecular flexibility index (Phi) is 5.07. The van der Waals surface area contributed by atoms with Crippen LogP contribution in [0, 0.1) is 0 Å². The Bertz CT molecular complexity index is 884. The van der Waals surface area contributed by atoms with Crippen molar-refractivity contribution in [3.05, 3.63) is 26.7 Å². The summed E-state index contributed by atoms with van der Waals surface area (Å²) < 4.78 is 2.18. The van der Waals surface area contributed by atoms with E-state index in [1.807, 2.05) is 19.0 Å². The quantitative estimate of drug-likeness (QED) is 0.643. The molecule has 0 atom stereocenters. The summed E-state index contributed by atoms with van der Waals surface area (Å²) in [4.78, 5) is 43.7. The molecule has 0 aliphatic carbocycles. The van der Waals surface area contributed by atoms with Gasteiger partial charge >= 0.3 is 5.69 Å². The van der Waals surface area contributed by atoms with Crippen LogP contribution < -0.4 is 11.2 Å². The highest BCUT2D eigenvalue weighted by atomic mass is 16.2. The lowest BCUT2D eigenvalue weighted by molar-refractivity contribution is -0.130. The van der Waals surface area contributed by atoms with Gasteiger partial charge in [-0.25, -0.2) is 9.78 Å². The lowest BCUT2D eigenvalue weighted by Gasteiger charge is -2.17. The second-order valence-corrected chi connectivity index (χ2v) is 5.91. The molecule has 24 heavy (non-hydrogen) atoms. The third kappa shape index (κ3) is 3.48. The van der Waals surface area contributed by atoms with Crippen molar-refractivity contribution in [2.45, 2.75) is 13.0 Å². The highest BCUT2D eigenvalue weighted by molar-refractivity contribution is 5.76. The maximum Gasteiger partial charge on any atom is 0.332 e. The van der Waals surface area contributed by atoms with Gasteiger partial charge < -0.3 is 9.80 Å². The normalized spacial score (nSPS) is 11.2. The summed E-state index contributed by atoms with van der Waals surface area (Å²) in [5.41, 5.74) is -0.856. The lowest BCUT2D eigenvalue weighted by atomic mass is 10.3. The number of hydrogen-bond donors (Lipinski definition) is 0. The Hall–Kier alpha value is -2.62. The van der Waals surface area contributed by atoms with Crippen LogP contribution in [-0.4, -0.2) is 67.7 Å². The minimum Gasteiger partial charge on any atom is -0.338 e. The summed E-state index contributed by atoms with van der Waals surface area (Å²) in [7, 11) is 8.30. The number of fused-ring (bicyclic) bond motifs is 1. The van der Waals surface area contributed by atoms with E-state index in [0.29, 0.717) is 13.0 Å². The van der Waals surface area contributed by atoms with Gasteiger partial charge in [0.05, 0.1) is 6.54 Å². The van der Waals surface area contributed by atoms with E-state index in [0.717, 1.165) is 4.57 Å². The number of amides is 1. The second-order valence-electron chi connectivity index (χ2n) is 5.91. The molecule has 10 heteroatoms. The van der Waals surface area contributed by atoms with Crippen LogP contribution in [0.1, 0.15) is 12.2 Å². The van der Waals surface area contributed by atoms with Gasteiger partial charge in [0.2, 0.25) is 5.91 Å². The van der Waals surface area contributed by atoms with Crippen LogP contribution in [0.2, 0.25) is 0 Å². The number of carbonyl (C=O) groups excluding carboxylic acids is 1. The Morgan fingerprint density at radius 1 is 1.08 bits per heavy atom. The maximum absolute atomic E-state index is 12.2. The Morgan fingerprint density at radius 3 is 2.38 bits per heavy atom. The van der Waals surface area contributed by atoms with Crippen LogP contribution in [0.25, 0.3) is 11.2 Å². The standard InChI is InChI=1S/C14H21N7O3/c1-18(2)7-6-10(22)19(3)8-9-15-11-12(17-16-9)20(4)14(24)21(5)13(11)23/h6-8H2,1-5H3. The van der Waals surface area contributed by atoms with Crippen molar-refractivity contribution >= 4 is 17.1 Å². The highest BCUT2D eigenvalue weighted by Gasteiger charge is 2.15. The third-order valence-corrected chi connectivity index (χ3v) is 3.69. The molecule has 2 aromatic rings. The van der Waals surface area contributed by atoms with E-state index < -0.39 is 11.2 Å². The van der Waals surface area contributed by atoms with Gasteiger partial charge in [0.25, 0.3) is 5.56 Å². The molecular formula is C14H21N7O3. The summed E-state index contributed by atoms with van der Waals surface area (Å²) in [5.74, 6) is 0.194. The average Bonchev–Trinajstić information content (AvgIpc) is 2.55. The number of carbonyl (C=O) groups is 1. The molecule has 0 saturated carbocycles. The van der Waals surface area contributed by atoms with Crippen LogP contribution in [-0.2, 0) is 25.4 Å². The van der Waals surface area contributed by atoms with Gasteiger partial charge in [0.1, 0.15) is 0 Å². The second kappa shape index (κ2) is 6.87. The van der Waals surface area contributed by atoms with Crippen molar-refractivity contribution < 1.29 is 4.79 Å². The molecule has 0 aliphatic rings. The lowest BCUT2D eigenvalue weighted by Crippen LogP contribution is -2.38. The maximum atomic E-state index is 12.2. The Labute approximate surface area is 138 Å². The summed E-state index contributed by atoms with van der Waals surface area (Å²) in [6.45, 7) is 0.782. The number of aromatic nitrogens is 5. The Balaban J connectivity index is 2.30. The molecule has 2 heterocycles. The molecule has 130 valence electrons. The van der Waals surface area contributed by atoms with E-state index in [9.17, 15) is 14.4 Å². The summed E-state index contributed by atoms with van der Waals surface area (Å²) >= 11 is 0. The molecule has 0 aromatic carbocycles. The van der Waals surface area contributed by atoms with Gasteiger partial charge in [-0.1, -0.05) is 0 Å². The van der Waals surface area contributed by atoms with E-state index in [2.05, 4.69) is 15.2 Å². The fourth-order valence-electron chi connectivity index (χ4n) is 2.16. The van der Waals surface area contributed by atoms with E-state index in [-0.39, 0.29) is 29.4 Å². The number of nitrogens with zero attached hydrogens (tertiary/aromatic N) is 7. The first-order chi connectivity index (χ1) is 11.2. The van der Waals surface area contributed by atoms with Crippen LogP contribution in [0.15, 0.2) is 9.59 Å². The summed E-state index contributed by atoms with van der Waals surface area (Å²) in [5, 5.41) is 7.84. The van der Waals surface area contributed by atoms with Crippen molar-refractivity contribution in [2.24, 2.45) is 14.1 Å². The van der Waals surface area contributed by atoms with E-state index in [4.69, 9.17) is 0 Å². The zero-order chi connectivity index (χ0) is 18.0. The molecule has 1 amide bonds. The van der Waals surface area contributed by atoms with Crippen molar-refractivity contribution in [1.29, 1.82) is 0 Å². The third-order valence-electron chi connectivity index (χ3n) is 3.69. The minimum atomic E-state index is -0.536. The SMILES string of the molecule is CN(C)CCC(=O)N(C)Cc1nnc2c(n1)c(=O)n(C)c(=O)n2C. The van der Waals surface area contributed by atoms with Gasteiger partial charge in [-0.15, -0.1) is 10.2 Å². The van der Waals surface area contributed by atoms with E-state index in [1.165, 1.54) is 23.6 Å². The zero-order valence-corrected chi connectivity index (χ0v) is 14.5. The van der Waals surface area contributed by atoms with E-state index in [1.54, 1.807) is 7.05 Å². The van der Waals surface area contributed by atoms with Gasteiger partial charge in [0.15, 0.2) is 17.0 Å². The van der Waals surface area contributed by atoms with Crippen LogP contribution in [0.3, 0.4) is 0 Å². The smallest absolute Gasteiger partial charge is 0.332 e. The van der Waals surface area contributed by atoms with Crippen molar-refractivity contribution in [3.8, 4) is 0 Å². The molecule has 0 fully saturated rings. The van der Waals surface area contributed by atoms with Crippen molar-refractivity contribution in [2.75, 3.05) is 27.7 Å². The van der Waals surface area contributed by atoms with Gasteiger partial charge in [0, 0.05) is 34.1 Å². The number of rotatable bonds is 5. The first-order valence-electron chi connectivity index (χ1n) is 7.40.